The van der Waals surface area contributed by atoms with Crippen molar-refractivity contribution in [2.45, 2.75) is 32.7 Å². The van der Waals surface area contributed by atoms with Crippen LogP contribution in [0.1, 0.15) is 37.3 Å². The van der Waals surface area contributed by atoms with Gasteiger partial charge in [-0.05, 0) is 42.3 Å². The van der Waals surface area contributed by atoms with Crippen LogP contribution in [0.3, 0.4) is 0 Å². The van der Waals surface area contributed by atoms with Crippen LogP contribution in [0.25, 0.3) is 0 Å². The van der Waals surface area contributed by atoms with Gasteiger partial charge < -0.3 is 9.74 Å². The van der Waals surface area contributed by atoms with E-state index in [2.05, 4.69) is 5.16 Å². The summed E-state index contributed by atoms with van der Waals surface area (Å²) in [6, 6.07) is 12.4. The van der Waals surface area contributed by atoms with E-state index in [0.29, 0.717) is 34.3 Å². The van der Waals surface area contributed by atoms with E-state index in [1.807, 2.05) is 19.1 Å². The van der Waals surface area contributed by atoms with Crippen LogP contribution < -0.4 is 4.90 Å². The number of halogens is 2. The number of benzene rings is 2. The molecule has 0 radical (unpaired) electrons. The maximum Gasteiger partial charge on any atom is 0.335 e. The van der Waals surface area contributed by atoms with Gasteiger partial charge in [0.05, 0.1) is 12.2 Å². The van der Waals surface area contributed by atoms with Crippen LogP contribution in [0.5, 0.6) is 0 Å². The number of carbonyl (C=O) groups excluding carboxylic acids is 2. The second kappa shape index (κ2) is 8.55. The minimum atomic E-state index is -0.461. The highest BCUT2D eigenvalue weighted by atomic mass is 35.5. The standard InChI is InChI=1S/C20H18Cl2N2O3/c1-2-3-4-18(25)27-23-19-16-11-15(22)9-10-17(16)24(20(19)26)12-13-5-7-14(21)8-6-13/h5-11H,2-4,12H2,1H3/b23-19-. The molecule has 1 heterocycles. The number of fused-ring (bicyclic) bond motifs is 1. The molecular weight excluding hydrogens is 387 g/mol. The summed E-state index contributed by atoms with van der Waals surface area (Å²) < 4.78 is 0. The third-order valence-electron chi connectivity index (χ3n) is 4.18. The van der Waals surface area contributed by atoms with Crippen LogP contribution >= 0.6 is 23.2 Å². The summed E-state index contributed by atoms with van der Waals surface area (Å²) in [5.74, 6) is -0.803. The van der Waals surface area contributed by atoms with E-state index < -0.39 is 5.97 Å². The Hall–Kier alpha value is -2.37. The van der Waals surface area contributed by atoms with Crippen LogP contribution in [0.15, 0.2) is 47.6 Å². The fraction of sp³-hybridized carbons (Fsp3) is 0.250. The van der Waals surface area contributed by atoms with Crippen molar-refractivity contribution in [2.24, 2.45) is 5.16 Å². The molecule has 1 aliphatic heterocycles. The molecule has 0 bridgehead atoms. The zero-order valence-corrected chi connectivity index (χ0v) is 16.3. The minimum Gasteiger partial charge on any atom is -0.317 e. The lowest BCUT2D eigenvalue weighted by atomic mass is 10.1. The molecule has 140 valence electrons. The van der Waals surface area contributed by atoms with Crippen LogP contribution in [0.2, 0.25) is 10.0 Å². The predicted molar refractivity (Wildman–Crippen MR) is 106 cm³/mol. The molecule has 0 fully saturated rings. The highest BCUT2D eigenvalue weighted by Gasteiger charge is 2.35. The second-order valence-electron chi connectivity index (χ2n) is 6.19. The maximum atomic E-state index is 12.9. The number of hydrogen-bond acceptors (Lipinski definition) is 4. The van der Waals surface area contributed by atoms with Crippen LogP contribution in [-0.2, 0) is 21.0 Å². The molecule has 27 heavy (non-hydrogen) atoms. The van der Waals surface area contributed by atoms with Crippen LogP contribution in [0.4, 0.5) is 5.69 Å². The smallest absolute Gasteiger partial charge is 0.317 e. The van der Waals surface area contributed by atoms with E-state index in [9.17, 15) is 9.59 Å². The van der Waals surface area contributed by atoms with E-state index >= 15 is 0 Å². The summed E-state index contributed by atoms with van der Waals surface area (Å²) >= 11 is 12.0. The van der Waals surface area contributed by atoms with Gasteiger partial charge in [-0.1, -0.05) is 53.8 Å². The van der Waals surface area contributed by atoms with Gasteiger partial charge in [0.1, 0.15) is 0 Å². The first kappa shape index (κ1) is 19.4. The number of unbranched alkanes of at least 4 members (excludes halogenated alkanes) is 1. The lowest BCUT2D eigenvalue weighted by molar-refractivity contribution is -0.143. The Morgan fingerprint density at radius 2 is 1.81 bits per heavy atom. The molecule has 0 atom stereocenters. The summed E-state index contributed by atoms with van der Waals surface area (Å²) in [5.41, 5.74) is 2.20. The van der Waals surface area contributed by atoms with Gasteiger partial charge >= 0.3 is 5.97 Å². The van der Waals surface area contributed by atoms with Crippen molar-refractivity contribution in [3.8, 4) is 0 Å². The summed E-state index contributed by atoms with van der Waals surface area (Å²) in [7, 11) is 0. The quantitative estimate of drug-likeness (QED) is 0.503. The number of amides is 1. The normalized spacial score (nSPS) is 14.6. The monoisotopic (exact) mass is 404 g/mol. The topological polar surface area (TPSA) is 59.0 Å². The van der Waals surface area contributed by atoms with Gasteiger partial charge in [0.25, 0.3) is 5.91 Å². The summed E-state index contributed by atoms with van der Waals surface area (Å²) in [6.45, 7) is 2.32. The van der Waals surface area contributed by atoms with Gasteiger partial charge in [0.2, 0.25) is 0 Å². The van der Waals surface area contributed by atoms with Gasteiger partial charge in [-0.2, -0.15) is 0 Å². The van der Waals surface area contributed by atoms with Crippen molar-refractivity contribution in [1.29, 1.82) is 0 Å². The van der Waals surface area contributed by atoms with Gasteiger partial charge in [0.15, 0.2) is 5.71 Å². The van der Waals surface area contributed by atoms with Gasteiger partial charge in [0, 0.05) is 22.0 Å². The summed E-state index contributed by atoms with van der Waals surface area (Å²) in [6.07, 6.45) is 1.85. The molecule has 0 saturated heterocycles. The Bertz CT molecular complexity index is 895. The van der Waals surface area contributed by atoms with Crippen molar-refractivity contribution < 1.29 is 14.4 Å². The molecule has 0 saturated carbocycles. The molecule has 7 heteroatoms. The molecular formula is C20H18Cl2N2O3. The van der Waals surface area contributed by atoms with Gasteiger partial charge in [-0.15, -0.1) is 0 Å². The van der Waals surface area contributed by atoms with Gasteiger partial charge in [-0.3, -0.25) is 4.79 Å². The number of nitrogens with zero attached hydrogens (tertiary/aromatic N) is 2. The fourth-order valence-electron chi connectivity index (χ4n) is 2.77. The molecule has 5 nitrogen and oxygen atoms in total. The molecule has 3 rings (SSSR count). The molecule has 2 aromatic carbocycles. The molecule has 0 N–H and O–H groups in total. The molecule has 0 aromatic heterocycles. The maximum absolute atomic E-state index is 12.9. The van der Waals surface area contributed by atoms with Crippen LogP contribution in [0, 0.1) is 0 Å². The number of oxime groups is 1. The number of hydrogen-bond donors (Lipinski definition) is 0. The zero-order valence-electron chi connectivity index (χ0n) is 14.7. The first-order valence-electron chi connectivity index (χ1n) is 8.63. The molecule has 0 unspecified atom stereocenters. The van der Waals surface area contributed by atoms with Crippen molar-refractivity contribution in [3.63, 3.8) is 0 Å². The molecule has 1 amide bonds. The van der Waals surface area contributed by atoms with E-state index in [0.717, 1.165) is 12.0 Å². The summed E-state index contributed by atoms with van der Waals surface area (Å²) in [4.78, 5) is 31.2. The van der Waals surface area contributed by atoms with E-state index in [4.69, 9.17) is 28.0 Å². The lowest BCUT2D eigenvalue weighted by Gasteiger charge is -2.17. The number of anilines is 1. The Balaban J connectivity index is 1.88. The Morgan fingerprint density at radius 1 is 1.11 bits per heavy atom. The van der Waals surface area contributed by atoms with Crippen molar-refractivity contribution >= 4 is 46.5 Å². The number of rotatable bonds is 6. The third-order valence-corrected chi connectivity index (χ3v) is 4.67. The fourth-order valence-corrected chi connectivity index (χ4v) is 3.06. The lowest BCUT2D eigenvalue weighted by Crippen LogP contribution is -2.29. The molecule has 0 aliphatic carbocycles. The Labute approximate surface area is 167 Å². The van der Waals surface area contributed by atoms with E-state index in [1.54, 1.807) is 35.2 Å². The van der Waals surface area contributed by atoms with E-state index in [1.165, 1.54) is 0 Å². The van der Waals surface area contributed by atoms with Crippen molar-refractivity contribution in [3.05, 3.63) is 63.6 Å². The zero-order chi connectivity index (χ0) is 19.4. The number of carbonyl (C=O) groups is 2. The largest absolute Gasteiger partial charge is 0.335 e. The highest BCUT2D eigenvalue weighted by Crippen LogP contribution is 2.33. The first-order chi connectivity index (χ1) is 13.0. The third kappa shape index (κ3) is 4.49. The second-order valence-corrected chi connectivity index (χ2v) is 7.06. The molecule has 0 spiro atoms. The Kier molecular flexibility index (Phi) is 6.14. The van der Waals surface area contributed by atoms with Crippen molar-refractivity contribution in [1.82, 2.24) is 0 Å². The van der Waals surface area contributed by atoms with Crippen molar-refractivity contribution in [2.75, 3.05) is 4.90 Å². The highest BCUT2D eigenvalue weighted by molar-refractivity contribution is 6.54. The first-order valence-corrected chi connectivity index (χ1v) is 9.39. The molecule has 2 aromatic rings. The van der Waals surface area contributed by atoms with Gasteiger partial charge in [-0.25, -0.2) is 4.79 Å². The summed E-state index contributed by atoms with van der Waals surface area (Å²) in [5, 5.41) is 4.94. The average molecular weight is 405 g/mol. The predicted octanol–water partition coefficient (Wildman–Crippen LogP) is 4.98. The minimum absolute atomic E-state index is 0.0753. The average Bonchev–Trinajstić information content (AvgIpc) is 2.91. The van der Waals surface area contributed by atoms with E-state index in [-0.39, 0.29) is 18.0 Å². The van der Waals surface area contributed by atoms with Crippen LogP contribution in [-0.4, -0.2) is 17.6 Å². The SMILES string of the molecule is CCCCC(=O)O/N=C1\C(=O)N(Cc2ccc(Cl)cc2)c2ccc(Cl)cc21. The molecule has 1 aliphatic rings. The Morgan fingerprint density at radius 3 is 2.52 bits per heavy atom.